The molecule has 1 rings (SSSR count). The predicted molar refractivity (Wildman–Crippen MR) is 101 cm³/mol. The van der Waals surface area contributed by atoms with Crippen LogP contribution in [-0.2, 0) is 28.7 Å². The van der Waals surface area contributed by atoms with E-state index in [1.54, 1.807) is 0 Å². The van der Waals surface area contributed by atoms with Gasteiger partial charge >= 0.3 is 11.9 Å². The van der Waals surface area contributed by atoms with Crippen LogP contribution in [0.2, 0.25) is 0 Å². The lowest BCUT2D eigenvalue weighted by Gasteiger charge is -2.36. The number of rotatable bonds is 8. The molecule has 27 heavy (non-hydrogen) atoms. The SMILES string of the molecule is COC(=O)CCC(=O)NC(=S)N1CCNC(=O)C1CC(=O)OCCC(C)C. The molecule has 1 fully saturated rings. The largest absolute Gasteiger partial charge is 0.469 e. The zero-order valence-electron chi connectivity index (χ0n) is 15.9. The number of esters is 2. The van der Waals surface area contributed by atoms with E-state index in [2.05, 4.69) is 15.4 Å². The molecular weight excluding hydrogens is 374 g/mol. The molecule has 0 spiro atoms. The number of hydrogen-bond donors (Lipinski definition) is 2. The summed E-state index contributed by atoms with van der Waals surface area (Å²) < 4.78 is 9.64. The van der Waals surface area contributed by atoms with Gasteiger partial charge in [0.05, 0.1) is 26.6 Å². The molecule has 1 aliphatic heterocycles. The first-order chi connectivity index (χ1) is 12.7. The molecule has 1 aliphatic rings. The van der Waals surface area contributed by atoms with E-state index in [-0.39, 0.29) is 30.3 Å². The van der Waals surface area contributed by atoms with Crippen molar-refractivity contribution in [1.29, 1.82) is 0 Å². The molecule has 0 saturated carbocycles. The molecule has 2 N–H and O–H groups in total. The lowest BCUT2D eigenvalue weighted by molar-refractivity contribution is -0.147. The second-order valence-electron chi connectivity index (χ2n) is 6.54. The van der Waals surface area contributed by atoms with Crippen molar-refractivity contribution in [3.63, 3.8) is 0 Å². The minimum atomic E-state index is -0.848. The summed E-state index contributed by atoms with van der Waals surface area (Å²) in [5.41, 5.74) is 0. The average Bonchev–Trinajstić information content (AvgIpc) is 2.60. The quantitative estimate of drug-likeness (QED) is 0.435. The van der Waals surface area contributed by atoms with Gasteiger partial charge in [-0.1, -0.05) is 13.8 Å². The second-order valence-corrected chi connectivity index (χ2v) is 6.92. The smallest absolute Gasteiger partial charge is 0.308 e. The summed E-state index contributed by atoms with van der Waals surface area (Å²) in [6.45, 7) is 5.03. The molecular formula is C17H27N3O6S. The fraction of sp³-hybridized carbons (Fsp3) is 0.706. The number of ether oxygens (including phenoxy) is 2. The van der Waals surface area contributed by atoms with E-state index in [4.69, 9.17) is 17.0 Å². The van der Waals surface area contributed by atoms with Crippen molar-refractivity contribution in [2.45, 2.75) is 45.6 Å². The normalized spacial score (nSPS) is 16.5. The molecule has 0 aliphatic carbocycles. The molecule has 1 atom stereocenters. The highest BCUT2D eigenvalue weighted by atomic mass is 32.1. The maximum atomic E-state index is 12.2. The molecule has 2 amide bonds. The molecule has 1 heterocycles. The first kappa shape index (κ1) is 22.8. The van der Waals surface area contributed by atoms with Crippen LogP contribution >= 0.6 is 12.2 Å². The number of piperazine rings is 1. The Labute approximate surface area is 164 Å². The van der Waals surface area contributed by atoms with Crippen LogP contribution in [0.5, 0.6) is 0 Å². The summed E-state index contributed by atoms with van der Waals surface area (Å²) in [5, 5.41) is 5.21. The number of nitrogens with zero attached hydrogens (tertiary/aromatic N) is 1. The molecule has 1 saturated heterocycles. The number of nitrogens with one attached hydrogen (secondary N) is 2. The standard InChI is InChI=1S/C17H27N3O6S/c1-11(2)6-9-26-15(23)10-12-16(24)18-7-8-20(12)17(27)19-13(21)4-5-14(22)25-3/h11-12H,4-10H2,1-3H3,(H,18,24)(H,19,21,27). The van der Waals surface area contributed by atoms with Crippen molar-refractivity contribution in [3.8, 4) is 0 Å². The van der Waals surface area contributed by atoms with Gasteiger partial charge in [-0.2, -0.15) is 0 Å². The van der Waals surface area contributed by atoms with Gasteiger partial charge in [-0.25, -0.2) is 0 Å². The number of thiocarbonyl (C=S) groups is 1. The molecule has 0 bridgehead atoms. The summed E-state index contributed by atoms with van der Waals surface area (Å²) in [4.78, 5) is 48.7. The van der Waals surface area contributed by atoms with Crippen LogP contribution in [0.15, 0.2) is 0 Å². The molecule has 0 radical (unpaired) electrons. The highest BCUT2D eigenvalue weighted by molar-refractivity contribution is 7.80. The van der Waals surface area contributed by atoms with Gasteiger partial charge in [0.25, 0.3) is 0 Å². The minimum Gasteiger partial charge on any atom is -0.469 e. The van der Waals surface area contributed by atoms with Crippen LogP contribution in [0.25, 0.3) is 0 Å². The summed E-state index contributed by atoms with van der Waals surface area (Å²) >= 11 is 5.21. The van der Waals surface area contributed by atoms with E-state index < -0.39 is 23.9 Å². The monoisotopic (exact) mass is 401 g/mol. The number of carbonyl (C=O) groups excluding carboxylic acids is 4. The van der Waals surface area contributed by atoms with E-state index in [1.165, 1.54) is 12.0 Å². The minimum absolute atomic E-state index is 0.0414. The zero-order valence-corrected chi connectivity index (χ0v) is 16.7. The van der Waals surface area contributed by atoms with Gasteiger partial charge in [0, 0.05) is 19.5 Å². The Bertz CT molecular complexity index is 581. The van der Waals surface area contributed by atoms with E-state index in [9.17, 15) is 19.2 Å². The maximum Gasteiger partial charge on any atom is 0.308 e. The molecule has 0 aromatic heterocycles. The lowest BCUT2D eigenvalue weighted by Crippen LogP contribution is -2.60. The lowest BCUT2D eigenvalue weighted by atomic mass is 10.1. The van der Waals surface area contributed by atoms with Crippen molar-refractivity contribution in [2.24, 2.45) is 5.92 Å². The van der Waals surface area contributed by atoms with Crippen LogP contribution in [-0.4, -0.2) is 66.6 Å². The van der Waals surface area contributed by atoms with Crippen molar-refractivity contribution in [1.82, 2.24) is 15.5 Å². The summed E-state index contributed by atoms with van der Waals surface area (Å²) in [6.07, 6.45) is 0.412. The molecule has 10 heteroatoms. The highest BCUT2D eigenvalue weighted by Gasteiger charge is 2.34. The van der Waals surface area contributed by atoms with Crippen LogP contribution < -0.4 is 10.6 Å². The number of methoxy groups -OCH3 is 1. The van der Waals surface area contributed by atoms with Crippen molar-refractivity contribution in [3.05, 3.63) is 0 Å². The third-order valence-corrected chi connectivity index (χ3v) is 4.28. The molecule has 0 aromatic rings. The first-order valence-corrected chi connectivity index (χ1v) is 9.26. The van der Waals surface area contributed by atoms with Crippen LogP contribution in [0.1, 0.15) is 39.5 Å². The van der Waals surface area contributed by atoms with Crippen LogP contribution in [0, 0.1) is 5.92 Å². The van der Waals surface area contributed by atoms with Crippen molar-refractivity contribution >= 4 is 41.1 Å². The van der Waals surface area contributed by atoms with Gasteiger partial charge < -0.3 is 25.0 Å². The Balaban J connectivity index is 2.60. The Kier molecular flexibility index (Phi) is 9.70. The van der Waals surface area contributed by atoms with Gasteiger partial charge in [-0.3, -0.25) is 19.2 Å². The molecule has 9 nitrogen and oxygen atoms in total. The van der Waals surface area contributed by atoms with E-state index >= 15 is 0 Å². The Morgan fingerprint density at radius 3 is 2.63 bits per heavy atom. The first-order valence-electron chi connectivity index (χ1n) is 8.85. The number of hydrogen-bond acceptors (Lipinski definition) is 7. The van der Waals surface area contributed by atoms with Crippen LogP contribution in [0.3, 0.4) is 0 Å². The van der Waals surface area contributed by atoms with E-state index in [1.807, 2.05) is 13.8 Å². The van der Waals surface area contributed by atoms with Crippen molar-refractivity contribution in [2.75, 3.05) is 26.8 Å². The second kappa shape index (κ2) is 11.5. The highest BCUT2D eigenvalue weighted by Crippen LogP contribution is 2.11. The fourth-order valence-electron chi connectivity index (χ4n) is 2.36. The topological polar surface area (TPSA) is 114 Å². The zero-order chi connectivity index (χ0) is 20.4. The molecule has 0 aromatic carbocycles. The summed E-state index contributed by atoms with van der Waals surface area (Å²) in [5.74, 6) is -1.42. The number of carbonyl (C=O) groups is 4. The van der Waals surface area contributed by atoms with E-state index in [0.717, 1.165) is 6.42 Å². The average molecular weight is 401 g/mol. The van der Waals surface area contributed by atoms with Crippen molar-refractivity contribution < 1.29 is 28.7 Å². The molecule has 1 unspecified atom stereocenters. The fourth-order valence-corrected chi connectivity index (χ4v) is 2.69. The Morgan fingerprint density at radius 2 is 2.00 bits per heavy atom. The Morgan fingerprint density at radius 1 is 1.30 bits per heavy atom. The van der Waals surface area contributed by atoms with Gasteiger partial charge in [0.15, 0.2) is 5.11 Å². The molecule has 152 valence electrons. The predicted octanol–water partition coefficient (Wildman–Crippen LogP) is 0.121. The van der Waals surface area contributed by atoms with Gasteiger partial charge in [-0.05, 0) is 24.6 Å². The van der Waals surface area contributed by atoms with Gasteiger partial charge in [0.2, 0.25) is 11.8 Å². The van der Waals surface area contributed by atoms with Gasteiger partial charge in [0.1, 0.15) is 6.04 Å². The third kappa shape index (κ3) is 8.33. The van der Waals surface area contributed by atoms with Crippen LogP contribution in [0.4, 0.5) is 0 Å². The third-order valence-electron chi connectivity index (χ3n) is 3.94. The Hall–Kier alpha value is -2.23. The summed E-state index contributed by atoms with van der Waals surface area (Å²) in [6, 6.07) is -0.848. The van der Waals surface area contributed by atoms with E-state index in [0.29, 0.717) is 25.6 Å². The summed E-state index contributed by atoms with van der Waals surface area (Å²) in [7, 11) is 1.24. The maximum absolute atomic E-state index is 12.2. The number of amides is 2. The van der Waals surface area contributed by atoms with Gasteiger partial charge in [-0.15, -0.1) is 0 Å².